The Bertz CT molecular complexity index is 1400. The van der Waals surface area contributed by atoms with Crippen molar-refractivity contribution in [1.29, 1.82) is 0 Å². The summed E-state index contributed by atoms with van der Waals surface area (Å²) >= 11 is 0. The molecule has 5 atom stereocenters. The monoisotopic (exact) mass is 936 g/mol. The van der Waals surface area contributed by atoms with E-state index in [0.717, 1.165) is 51.4 Å². The van der Waals surface area contributed by atoms with Gasteiger partial charge in [-0.25, -0.2) is 4.57 Å². The molecule has 0 radical (unpaired) electrons. The number of hydrogen-bond acceptors (Lipinski definition) is 10. The van der Waals surface area contributed by atoms with Gasteiger partial charge in [0, 0.05) is 12.8 Å². The highest BCUT2D eigenvalue weighted by Crippen LogP contribution is 2.43. The zero-order valence-electron chi connectivity index (χ0n) is 40.5. The molecule has 1 aliphatic rings. The number of carboxylic acid groups (broad SMARTS) is 1. The number of allylic oxidation sites excluding steroid dienone is 8. The van der Waals surface area contributed by atoms with Crippen LogP contribution in [0, 0.1) is 0 Å². The van der Waals surface area contributed by atoms with E-state index >= 15 is 0 Å². The smallest absolute Gasteiger partial charge is 0.472 e. The molecule has 4 N–H and O–H groups in total. The second-order valence-corrected chi connectivity index (χ2v) is 18.8. The molecule has 1 heterocycles. The molecule has 13 heteroatoms. The van der Waals surface area contributed by atoms with Gasteiger partial charge in [0.05, 0.1) is 25.4 Å². The number of carboxylic acids is 1. The number of esters is 2. The summed E-state index contributed by atoms with van der Waals surface area (Å²) in [5, 5.41) is 8.92. The molecule has 0 spiro atoms. The molecule has 374 valence electrons. The topological polar surface area (TPSA) is 184 Å². The summed E-state index contributed by atoms with van der Waals surface area (Å²) < 4.78 is 38.4. The number of nitrogens with two attached hydrogens (primary N) is 1. The second-order valence-electron chi connectivity index (χ2n) is 17.3. The maximum Gasteiger partial charge on any atom is 0.472 e. The third kappa shape index (κ3) is 40.0. The average Bonchev–Trinajstić information content (AvgIpc) is 4.04. The van der Waals surface area contributed by atoms with E-state index in [2.05, 4.69) is 67.0 Å². The van der Waals surface area contributed by atoms with Crippen molar-refractivity contribution in [2.24, 2.45) is 5.73 Å². The fraction of sp³-hybridized carbons (Fsp3) is 0.750. The predicted octanol–water partition coefficient (Wildman–Crippen LogP) is 13.3. The molecule has 1 aliphatic heterocycles. The molecule has 3 unspecified atom stereocenters. The minimum Gasteiger partial charge on any atom is -0.480 e. The van der Waals surface area contributed by atoms with E-state index in [1.165, 1.54) is 109 Å². The molecule has 0 aromatic carbocycles. The van der Waals surface area contributed by atoms with E-state index in [0.29, 0.717) is 31.5 Å². The first-order chi connectivity index (χ1) is 31.6. The predicted molar refractivity (Wildman–Crippen MR) is 262 cm³/mol. The third-order valence-corrected chi connectivity index (χ3v) is 12.1. The normalized spacial score (nSPS) is 17.2. The molecule has 0 aliphatic carbocycles. The van der Waals surface area contributed by atoms with Gasteiger partial charge in [0.25, 0.3) is 0 Å². The summed E-state index contributed by atoms with van der Waals surface area (Å²) in [6, 6.07) is -1.54. The van der Waals surface area contributed by atoms with Crippen LogP contribution in [0.15, 0.2) is 60.8 Å². The van der Waals surface area contributed by atoms with Crippen molar-refractivity contribution in [2.45, 2.75) is 231 Å². The molecule has 0 aromatic rings. The van der Waals surface area contributed by atoms with Crippen molar-refractivity contribution in [2.75, 3.05) is 19.8 Å². The maximum atomic E-state index is 12.7. The Morgan fingerprint density at radius 1 is 0.569 bits per heavy atom. The Morgan fingerprint density at radius 2 is 1.00 bits per heavy atom. The van der Waals surface area contributed by atoms with Crippen LogP contribution in [0.2, 0.25) is 0 Å². The van der Waals surface area contributed by atoms with Crippen LogP contribution in [-0.2, 0) is 42.2 Å². The summed E-state index contributed by atoms with van der Waals surface area (Å²) in [6.07, 6.45) is 53.4. The van der Waals surface area contributed by atoms with Gasteiger partial charge < -0.3 is 29.9 Å². The van der Waals surface area contributed by atoms with Gasteiger partial charge in [0.1, 0.15) is 12.6 Å². The van der Waals surface area contributed by atoms with Gasteiger partial charge in [-0.2, -0.15) is 0 Å². The van der Waals surface area contributed by atoms with Crippen LogP contribution in [0.5, 0.6) is 0 Å². The second kappa shape index (κ2) is 42.5. The summed E-state index contributed by atoms with van der Waals surface area (Å²) in [4.78, 5) is 46.1. The van der Waals surface area contributed by atoms with Crippen molar-refractivity contribution in [1.82, 2.24) is 0 Å². The fourth-order valence-corrected chi connectivity index (χ4v) is 7.91. The van der Waals surface area contributed by atoms with Gasteiger partial charge in [0.15, 0.2) is 6.10 Å². The van der Waals surface area contributed by atoms with Crippen molar-refractivity contribution in [3.8, 4) is 0 Å². The minimum absolute atomic E-state index is 0.0323. The highest BCUT2D eigenvalue weighted by molar-refractivity contribution is 7.47. The molecular weight excluding hydrogens is 846 g/mol. The number of ether oxygens (including phenoxy) is 3. The molecule has 0 amide bonds. The molecule has 0 saturated carbocycles. The number of epoxide rings is 1. The van der Waals surface area contributed by atoms with Crippen LogP contribution >= 0.6 is 7.82 Å². The molecule has 0 bridgehead atoms. The van der Waals surface area contributed by atoms with E-state index in [-0.39, 0.29) is 19.4 Å². The standard InChI is InChI=1S/C52H90NO11P/c1-3-5-7-8-9-10-11-12-13-14-15-16-17-18-19-20-24-27-30-33-37-41-50(54)60-43-46(44-61-65(58,59)62-45-47(53)52(56)57)63-51(55)42-38-34-31-28-25-22-21-23-26-29-32-36-40-49-48(64-49)39-35-6-4-2/h6,22-23,25-26,31-32,34-36,46-49H,3-5,7-21,24,27-30,33,37-45,53H2,1-2H3,(H,56,57)(H,58,59)/b25-22-,26-23-,34-31-,35-6-,36-32-/t46-,47+,48?,49?/m1/s1. The van der Waals surface area contributed by atoms with E-state index in [1.54, 1.807) is 0 Å². The van der Waals surface area contributed by atoms with Crippen LogP contribution in [0.25, 0.3) is 0 Å². The minimum atomic E-state index is -4.75. The molecular formula is C52H90NO11P. The molecule has 1 fully saturated rings. The maximum absolute atomic E-state index is 12.7. The van der Waals surface area contributed by atoms with Gasteiger partial charge in [0.2, 0.25) is 0 Å². The van der Waals surface area contributed by atoms with Crippen LogP contribution < -0.4 is 5.73 Å². The quantitative estimate of drug-likeness (QED) is 0.0173. The number of phosphoric acid groups is 1. The molecule has 1 rings (SSSR count). The van der Waals surface area contributed by atoms with Crippen molar-refractivity contribution in [3.63, 3.8) is 0 Å². The Hall–Kier alpha value is -2.86. The van der Waals surface area contributed by atoms with Crippen molar-refractivity contribution < 1.29 is 52.2 Å². The Morgan fingerprint density at radius 3 is 1.48 bits per heavy atom. The number of carbonyl (C=O) groups is 3. The van der Waals surface area contributed by atoms with Gasteiger partial charge in [-0.05, 0) is 51.4 Å². The fourth-order valence-electron chi connectivity index (χ4n) is 7.13. The Labute approximate surface area is 393 Å². The van der Waals surface area contributed by atoms with Crippen LogP contribution in [0.1, 0.15) is 206 Å². The lowest BCUT2D eigenvalue weighted by Crippen LogP contribution is -2.34. The molecule has 1 saturated heterocycles. The first-order valence-corrected chi connectivity index (χ1v) is 26.9. The number of hydrogen-bond donors (Lipinski definition) is 3. The Kier molecular flexibility index (Phi) is 39.3. The number of rotatable bonds is 46. The highest BCUT2D eigenvalue weighted by atomic mass is 31.2. The SMILES string of the molecule is CC/C=C\CC1OC1C/C=C\C/C=C\C/C=C\C/C=C\CCC(=O)O[C@H](COC(=O)CCCCCCCCCCCCCCCCCCCCCCC)COP(=O)(O)OC[C@H](N)C(=O)O. The highest BCUT2D eigenvalue weighted by Gasteiger charge is 2.36. The lowest BCUT2D eigenvalue weighted by Gasteiger charge is -2.20. The van der Waals surface area contributed by atoms with E-state index in [9.17, 15) is 23.8 Å². The van der Waals surface area contributed by atoms with Gasteiger partial charge in [-0.1, -0.05) is 203 Å². The molecule has 0 aromatic heterocycles. The molecule has 12 nitrogen and oxygen atoms in total. The largest absolute Gasteiger partial charge is 0.480 e. The summed E-state index contributed by atoms with van der Waals surface area (Å²) in [5.74, 6) is -2.49. The summed E-state index contributed by atoms with van der Waals surface area (Å²) in [7, 11) is -4.75. The lowest BCUT2D eigenvalue weighted by atomic mass is 10.0. The zero-order chi connectivity index (χ0) is 47.5. The van der Waals surface area contributed by atoms with E-state index in [1.807, 2.05) is 12.2 Å². The number of carbonyl (C=O) groups excluding carboxylic acids is 2. The zero-order valence-corrected chi connectivity index (χ0v) is 41.4. The van der Waals surface area contributed by atoms with Crippen LogP contribution in [-0.4, -0.2) is 72.1 Å². The number of phosphoric ester groups is 1. The Balaban J connectivity index is 2.24. The van der Waals surface area contributed by atoms with Gasteiger partial charge >= 0.3 is 25.7 Å². The molecule has 65 heavy (non-hydrogen) atoms. The van der Waals surface area contributed by atoms with Gasteiger partial charge in [-0.3, -0.25) is 23.4 Å². The van der Waals surface area contributed by atoms with Gasteiger partial charge in [-0.15, -0.1) is 0 Å². The number of aliphatic carboxylic acids is 1. The lowest BCUT2D eigenvalue weighted by molar-refractivity contribution is -0.161. The first-order valence-electron chi connectivity index (χ1n) is 25.4. The summed E-state index contributed by atoms with van der Waals surface area (Å²) in [6.45, 7) is 2.64. The van der Waals surface area contributed by atoms with Crippen molar-refractivity contribution in [3.05, 3.63) is 60.8 Å². The van der Waals surface area contributed by atoms with Crippen molar-refractivity contribution >= 4 is 25.7 Å². The van der Waals surface area contributed by atoms with E-state index in [4.69, 9.17) is 29.6 Å². The van der Waals surface area contributed by atoms with E-state index < -0.39 is 51.1 Å². The first kappa shape index (κ1) is 60.2. The summed E-state index contributed by atoms with van der Waals surface area (Å²) in [5.41, 5.74) is 5.35. The average molecular weight is 936 g/mol. The van der Waals surface area contributed by atoms with Crippen LogP contribution in [0.3, 0.4) is 0 Å². The number of unbranched alkanes of at least 4 members (excludes halogenated alkanes) is 20. The third-order valence-electron chi connectivity index (χ3n) is 11.2. The van der Waals surface area contributed by atoms with Crippen LogP contribution in [0.4, 0.5) is 0 Å².